The first-order chi connectivity index (χ1) is 9.70. The van der Waals surface area contributed by atoms with Gasteiger partial charge in [-0.05, 0) is 31.4 Å². The molecule has 2 rings (SSSR count). The molecule has 1 aromatic rings. The second kappa shape index (κ2) is 7.28. The molecule has 4 nitrogen and oxygen atoms in total. The third kappa shape index (κ3) is 3.96. The van der Waals surface area contributed by atoms with Crippen LogP contribution in [0.15, 0.2) is 18.2 Å². The molecule has 0 radical (unpaired) electrons. The fraction of sp³-hybridized carbons (Fsp3) is 0.562. The Hall–Kier alpha value is -1.57. The molecule has 20 heavy (non-hydrogen) atoms. The lowest BCUT2D eigenvalue weighted by Crippen LogP contribution is -2.27. The number of benzene rings is 1. The normalized spacial score (nSPS) is 16.9. The van der Waals surface area contributed by atoms with Gasteiger partial charge in [-0.1, -0.05) is 25.0 Å². The first kappa shape index (κ1) is 14.8. The molecule has 1 aliphatic rings. The van der Waals surface area contributed by atoms with Crippen LogP contribution in [-0.2, 0) is 4.74 Å². The Kier molecular flexibility index (Phi) is 5.40. The van der Waals surface area contributed by atoms with E-state index in [0.717, 1.165) is 24.1 Å². The molecule has 0 spiro atoms. The predicted octanol–water partition coefficient (Wildman–Crippen LogP) is 2.60. The van der Waals surface area contributed by atoms with Crippen molar-refractivity contribution in [2.24, 2.45) is 0 Å². The number of aliphatic hydroxyl groups is 1. The number of ether oxygens (including phenoxy) is 1. The lowest BCUT2D eigenvalue weighted by atomic mass is 10.1. The molecule has 1 aromatic carbocycles. The first-order valence-corrected chi connectivity index (χ1v) is 7.24. The quantitative estimate of drug-likeness (QED) is 0.837. The minimum Gasteiger partial charge on any atom is -0.389 e. The van der Waals surface area contributed by atoms with Crippen molar-refractivity contribution < 1.29 is 9.84 Å². The van der Waals surface area contributed by atoms with Crippen LogP contribution in [0.4, 0.5) is 5.69 Å². The van der Waals surface area contributed by atoms with E-state index < -0.39 is 6.10 Å². The highest BCUT2D eigenvalue weighted by Gasteiger charge is 2.17. The summed E-state index contributed by atoms with van der Waals surface area (Å²) >= 11 is 0. The number of aliphatic hydroxyl groups excluding tert-OH is 1. The van der Waals surface area contributed by atoms with E-state index in [1.807, 2.05) is 25.1 Å². The number of anilines is 1. The Balaban J connectivity index is 1.79. The summed E-state index contributed by atoms with van der Waals surface area (Å²) in [6.07, 6.45) is 4.44. The maximum absolute atomic E-state index is 9.93. The second-order valence-electron chi connectivity index (χ2n) is 5.38. The monoisotopic (exact) mass is 274 g/mol. The van der Waals surface area contributed by atoms with Crippen LogP contribution in [-0.4, -0.2) is 30.5 Å². The molecule has 1 unspecified atom stereocenters. The fourth-order valence-corrected chi connectivity index (χ4v) is 2.55. The molecule has 1 saturated carbocycles. The minimum atomic E-state index is -0.553. The summed E-state index contributed by atoms with van der Waals surface area (Å²) in [5.41, 5.74) is 2.35. The molecule has 0 saturated heterocycles. The molecule has 0 aromatic heterocycles. The highest BCUT2D eigenvalue weighted by molar-refractivity contribution is 5.60. The standard InChI is InChI=1S/C16H22N2O2/c1-12-5-4-8-16(15(12)9-17)18-10-13(19)11-20-14-6-2-3-7-14/h4-5,8,13-14,18-19H,2-3,6-7,10-11H2,1H3. The summed E-state index contributed by atoms with van der Waals surface area (Å²) in [4.78, 5) is 0. The summed E-state index contributed by atoms with van der Waals surface area (Å²) in [6.45, 7) is 2.65. The van der Waals surface area contributed by atoms with Gasteiger partial charge >= 0.3 is 0 Å². The average Bonchev–Trinajstić information content (AvgIpc) is 2.96. The molecular formula is C16H22N2O2. The Bertz CT molecular complexity index is 476. The van der Waals surface area contributed by atoms with Crippen molar-refractivity contribution >= 4 is 5.69 Å². The van der Waals surface area contributed by atoms with E-state index in [4.69, 9.17) is 10.00 Å². The Morgan fingerprint density at radius 1 is 1.45 bits per heavy atom. The molecular weight excluding hydrogens is 252 g/mol. The van der Waals surface area contributed by atoms with E-state index in [9.17, 15) is 5.11 Å². The highest BCUT2D eigenvalue weighted by atomic mass is 16.5. The Morgan fingerprint density at radius 3 is 2.90 bits per heavy atom. The number of nitrogens with zero attached hydrogens (tertiary/aromatic N) is 1. The minimum absolute atomic E-state index is 0.318. The van der Waals surface area contributed by atoms with Crippen molar-refractivity contribution in [3.05, 3.63) is 29.3 Å². The maximum Gasteiger partial charge on any atom is 0.102 e. The molecule has 0 heterocycles. The Labute approximate surface area is 120 Å². The van der Waals surface area contributed by atoms with E-state index in [1.54, 1.807) is 0 Å². The van der Waals surface area contributed by atoms with E-state index >= 15 is 0 Å². The number of aryl methyl sites for hydroxylation is 1. The third-order valence-electron chi connectivity index (χ3n) is 3.74. The van der Waals surface area contributed by atoms with Gasteiger partial charge in [0.2, 0.25) is 0 Å². The zero-order chi connectivity index (χ0) is 14.4. The zero-order valence-corrected chi connectivity index (χ0v) is 11.9. The van der Waals surface area contributed by atoms with Gasteiger partial charge in [-0.2, -0.15) is 5.26 Å². The van der Waals surface area contributed by atoms with Gasteiger partial charge < -0.3 is 15.2 Å². The van der Waals surface area contributed by atoms with Gasteiger partial charge in [0.15, 0.2) is 0 Å². The van der Waals surface area contributed by atoms with E-state index in [1.165, 1.54) is 12.8 Å². The zero-order valence-electron chi connectivity index (χ0n) is 11.9. The topological polar surface area (TPSA) is 65.3 Å². The van der Waals surface area contributed by atoms with Crippen LogP contribution < -0.4 is 5.32 Å². The van der Waals surface area contributed by atoms with E-state index in [2.05, 4.69) is 11.4 Å². The maximum atomic E-state index is 9.93. The summed E-state index contributed by atoms with van der Waals surface area (Å²) in [5.74, 6) is 0. The van der Waals surface area contributed by atoms with Gasteiger partial charge in [0.1, 0.15) is 6.07 Å². The number of hydrogen-bond donors (Lipinski definition) is 2. The molecule has 1 aliphatic carbocycles. The first-order valence-electron chi connectivity index (χ1n) is 7.24. The highest BCUT2D eigenvalue weighted by Crippen LogP contribution is 2.21. The third-order valence-corrected chi connectivity index (χ3v) is 3.74. The molecule has 2 N–H and O–H groups in total. The molecule has 0 amide bonds. The lowest BCUT2D eigenvalue weighted by molar-refractivity contribution is -0.00117. The largest absolute Gasteiger partial charge is 0.389 e. The van der Waals surface area contributed by atoms with Gasteiger partial charge in [0.05, 0.1) is 30.1 Å². The molecule has 4 heteroatoms. The van der Waals surface area contributed by atoms with Crippen LogP contribution in [0, 0.1) is 18.3 Å². The Morgan fingerprint density at radius 2 is 2.20 bits per heavy atom. The van der Waals surface area contributed by atoms with Gasteiger partial charge in [-0.3, -0.25) is 0 Å². The van der Waals surface area contributed by atoms with Crippen LogP contribution >= 0.6 is 0 Å². The lowest BCUT2D eigenvalue weighted by Gasteiger charge is -2.17. The summed E-state index contributed by atoms with van der Waals surface area (Å²) in [5, 5.41) is 22.2. The summed E-state index contributed by atoms with van der Waals surface area (Å²) in [6, 6.07) is 7.86. The van der Waals surface area contributed by atoms with Crippen LogP contribution in [0.5, 0.6) is 0 Å². The van der Waals surface area contributed by atoms with Crippen molar-refractivity contribution in [3.63, 3.8) is 0 Å². The fourth-order valence-electron chi connectivity index (χ4n) is 2.55. The van der Waals surface area contributed by atoms with Gasteiger partial charge in [0.25, 0.3) is 0 Å². The molecule has 108 valence electrons. The van der Waals surface area contributed by atoms with Crippen molar-refractivity contribution in [2.75, 3.05) is 18.5 Å². The van der Waals surface area contributed by atoms with Crippen LogP contribution in [0.25, 0.3) is 0 Å². The molecule has 1 atom stereocenters. The SMILES string of the molecule is Cc1cccc(NCC(O)COC2CCCC2)c1C#N. The van der Waals surface area contributed by atoms with Crippen molar-refractivity contribution in [1.29, 1.82) is 5.26 Å². The van der Waals surface area contributed by atoms with Gasteiger partial charge in [-0.25, -0.2) is 0 Å². The summed E-state index contributed by atoms with van der Waals surface area (Å²) in [7, 11) is 0. The number of nitrogens with one attached hydrogen (secondary N) is 1. The number of hydrogen-bond acceptors (Lipinski definition) is 4. The van der Waals surface area contributed by atoms with Gasteiger partial charge in [-0.15, -0.1) is 0 Å². The molecule has 0 aliphatic heterocycles. The molecule has 0 bridgehead atoms. The number of nitriles is 1. The summed E-state index contributed by atoms with van der Waals surface area (Å²) < 4.78 is 5.68. The average molecular weight is 274 g/mol. The van der Waals surface area contributed by atoms with Crippen molar-refractivity contribution in [2.45, 2.75) is 44.8 Å². The van der Waals surface area contributed by atoms with Gasteiger partial charge in [0, 0.05) is 6.54 Å². The van der Waals surface area contributed by atoms with E-state index in [0.29, 0.717) is 24.8 Å². The van der Waals surface area contributed by atoms with E-state index in [-0.39, 0.29) is 0 Å². The van der Waals surface area contributed by atoms with Crippen LogP contribution in [0.3, 0.4) is 0 Å². The van der Waals surface area contributed by atoms with Crippen LogP contribution in [0.1, 0.15) is 36.8 Å². The van der Waals surface area contributed by atoms with Crippen molar-refractivity contribution in [3.8, 4) is 6.07 Å². The van der Waals surface area contributed by atoms with Crippen molar-refractivity contribution in [1.82, 2.24) is 0 Å². The number of rotatable bonds is 6. The van der Waals surface area contributed by atoms with Crippen LogP contribution in [0.2, 0.25) is 0 Å². The molecule has 1 fully saturated rings. The smallest absolute Gasteiger partial charge is 0.102 e. The predicted molar refractivity (Wildman–Crippen MR) is 78.6 cm³/mol. The second-order valence-corrected chi connectivity index (χ2v) is 5.38.